The Hall–Kier alpha value is -2.49. The Bertz CT molecular complexity index is 708. The lowest BCUT2D eigenvalue weighted by Crippen LogP contribution is -2.42. The van der Waals surface area contributed by atoms with E-state index in [9.17, 15) is 4.79 Å². The number of carbonyl (C=O) groups excluding carboxylic acids is 1. The molecule has 2 aromatic rings. The van der Waals surface area contributed by atoms with Crippen molar-refractivity contribution in [3.05, 3.63) is 65.2 Å². The van der Waals surface area contributed by atoms with Crippen LogP contribution in [0.4, 0.5) is 4.79 Å². The summed E-state index contributed by atoms with van der Waals surface area (Å²) in [5.74, 6) is 0.798. The van der Waals surface area contributed by atoms with Crippen molar-refractivity contribution in [1.82, 2.24) is 10.2 Å². The maximum Gasteiger partial charge on any atom is 0.317 e. The molecule has 134 valence electrons. The molecule has 0 atom stereocenters. The van der Waals surface area contributed by atoms with Crippen LogP contribution in [-0.2, 0) is 12.0 Å². The van der Waals surface area contributed by atoms with E-state index in [4.69, 9.17) is 4.74 Å². The van der Waals surface area contributed by atoms with Gasteiger partial charge in [-0.05, 0) is 30.2 Å². The molecular weight excluding hydrogens is 312 g/mol. The first-order chi connectivity index (χ1) is 11.8. The highest BCUT2D eigenvalue weighted by Crippen LogP contribution is 2.22. The highest BCUT2D eigenvalue weighted by Gasteiger charge is 2.22. The zero-order valence-corrected chi connectivity index (χ0v) is 15.8. The van der Waals surface area contributed by atoms with Crippen molar-refractivity contribution in [1.29, 1.82) is 0 Å². The largest absolute Gasteiger partial charge is 0.497 e. The molecule has 0 fully saturated rings. The van der Waals surface area contributed by atoms with Gasteiger partial charge >= 0.3 is 6.03 Å². The number of hydrogen-bond acceptors (Lipinski definition) is 2. The van der Waals surface area contributed by atoms with Gasteiger partial charge in [0.15, 0.2) is 0 Å². The van der Waals surface area contributed by atoms with E-state index in [2.05, 4.69) is 50.4 Å². The quantitative estimate of drug-likeness (QED) is 0.859. The number of aryl methyl sites for hydroxylation is 1. The van der Waals surface area contributed by atoms with E-state index in [1.165, 1.54) is 11.1 Å². The third-order valence-electron chi connectivity index (χ3n) is 4.42. The molecule has 0 spiro atoms. The van der Waals surface area contributed by atoms with Gasteiger partial charge in [0.05, 0.1) is 7.11 Å². The number of benzene rings is 2. The van der Waals surface area contributed by atoms with Gasteiger partial charge in [-0.15, -0.1) is 0 Å². The van der Waals surface area contributed by atoms with Crippen LogP contribution < -0.4 is 10.1 Å². The van der Waals surface area contributed by atoms with Crippen LogP contribution in [0.15, 0.2) is 48.5 Å². The second kappa shape index (κ2) is 8.06. The first-order valence-electron chi connectivity index (χ1n) is 8.51. The van der Waals surface area contributed by atoms with Gasteiger partial charge in [0.2, 0.25) is 0 Å². The maximum absolute atomic E-state index is 12.4. The standard InChI is InChI=1S/C21H28N2O2/c1-16-9-11-18(12-10-16)21(2,3)15-22-20(24)23(4)14-17-7-6-8-19(13-17)25-5/h6-13H,14-15H2,1-5H3,(H,22,24). The third kappa shape index (κ3) is 5.24. The Labute approximate surface area is 150 Å². The average molecular weight is 340 g/mol. The van der Waals surface area contributed by atoms with Crippen LogP contribution in [0.2, 0.25) is 0 Å². The summed E-state index contributed by atoms with van der Waals surface area (Å²) in [6.45, 7) is 7.47. The molecule has 0 aliphatic heterocycles. The summed E-state index contributed by atoms with van der Waals surface area (Å²) in [5, 5.41) is 3.04. The van der Waals surface area contributed by atoms with E-state index >= 15 is 0 Å². The molecule has 0 unspecified atom stereocenters. The molecule has 0 radical (unpaired) electrons. The lowest BCUT2D eigenvalue weighted by molar-refractivity contribution is 0.204. The number of carbonyl (C=O) groups is 1. The first-order valence-corrected chi connectivity index (χ1v) is 8.51. The zero-order valence-electron chi connectivity index (χ0n) is 15.8. The van der Waals surface area contributed by atoms with Crippen molar-refractivity contribution < 1.29 is 9.53 Å². The Kier molecular flexibility index (Phi) is 6.07. The van der Waals surface area contributed by atoms with E-state index in [0.29, 0.717) is 13.1 Å². The van der Waals surface area contributed by atoms with Crippen molar-refractivity contribution >= 4 is 6.03 Å². The minimum atomic E-state index is -0.125. The van der Waals surface area contributed by atoms with Crippen molar-refractivity contribution in [3.8, 4) is 5.75 Å². The van der Waals surface area contributed by atoms with Crippen molar-refractivity contribution in [3.63, 3.8) is 0 Å². The van der Waals surface area contributed by atoms with E-state index in [1.807, 2.05) is 24.3 Å². The number of urea groups is 1. The van der Waals surface area contributed by atoms with E-state index in [1.54, 1.807) is 19.1 Å². The van der Waals surface area contributed by atoms with Crippen LogP contribution in [-0.4, -0.2) is 31.6 Å². The van der Waals surface area contributed by atoms with Crippen molar-refractivity contribution in [2.75, 3.05) is 20.7 Å². The zero-order chi connectivity index (χ0) is 18.4. The van der Waals surface area contributed by atoms with Gasteiger partial charge < -0.3 is 15.0 Å². The molecule has 0 aromatic heterocycles. The molecule has 0 aliphatic carbocycles. The van der Waals surface area contributed by atoms with E-state index < -0.39 is 0 Å². The fraction of sp³-hybridized carbons (Fsp3) is 0.381. The van der Waals surface area contributed by atoms with Crippen LogP contribution in [0, 0.1) is 6.92 Å². The van der Waals surface area contributed by atoms with Crippen LogP contribution in [0.25, 0.3) is 0 Å². The van der Waals surface area contributed by atoms with Gasteiger partial charge in [0, 0.05) is 25.6 Å². The predicted molar refractivity (Wildman–Crippen MR) is 102 cm³/mol. The lowest BCUT2D eigenvalue weighted by Gasteiger charge is -2.27. The van der Waals surface area contributed by atoms with Crippen LogP contribution in [0.1, 0.15) is 30.5 Å². The topological polar surface area (TPSA) is 41.6 Å². The molecule has 0 aliphatic rings. The fourth-order valence-electron chi connectivity index (χ4n) is 2.65. The maximum atomic E-state index is 12.4. The molecule has 4 heteroatoms. The Morgan fingerprint density at radius 3 is 2.48 bits per heavy atom. The third-order valence-corrected chi connectivity index (χ3v) is 4.42. The Balaban J connectivity index is 1.93. The lowest BCUT2D eigenvalue weighted by atomic mass is 9.84. The van der Waals surface area contributed by atoms with E-state index in [0.717, 1.165) is 11.3 Å². The molecule has 2 rings (SSSR count). The highest BCUT2D eigenvalue weighted by molar-refractivity contribution is 5.74. The van der Waals surface area contributed by atoms with Gasteiger partial charge in [0.1, 0.15) is 5.75 Å². The molecule has 2 aromatic carbocycles. The molecule has 25 heavy (non-hydrogen) atoms. The SMILES string of the molecule is COc1cccc(CN(C)C(=O)NCC(C)(C)c2ccc(C)cc2)c1. The molecule has 2 amide bonds. The van der Waals surface area contributed by atoms with Gasteiger partial charge in [-0.1, -0.05) is 55.8 Å². The Morgan fingerprint density at radius 1 is 1.16 bits per heavy atom. The number of rotatable bonds is 6. The number of nitrogens with zero attached hydrogens (tertiary/aromatic N) is 1. The molecule has 0 saturated carbocycles. The minimum absolute atomic E-state index is 0.0805. The monoisotopic (exact) mass is 340 g/mol. The number of ether oxygens (including phenoxy) is 1. The normalized spacial score (nSPS) is 11.1. The molecule has 0 heterocycles. The second-order valence-electron chi connectivity index (χ2n) is 7.12. The average Bonchev–Trinajstić information content (AvgIpc) is 2.60. The van der Waals surface area contributed by atoms with Gasteiger partial charge in [-0.25, -0.2) is 4.79 Å². The summed E-state index contributed by atoms with van der Waals surface area (Å²) < 4.78 is 5.23. The number of amides is 2. The summed E-state index contributed by atoms with van der Waals surface area (Å²) in [6.07, 6.45) is 0. The highest BCUT2D eigenvalue weighted by atomic mass is 16.5. The molecule has 0 saturated heterocycles. The summed E-state index contributed by atoms with van der Waals surface area (Å²) >= 11 is 0. The Morgan fingerprint density at radius 2 is 1.84 bits per heavy atom. The number of nitrogens with one attached hydrogen (secondary N) is 1. The number of methoxy groups -OCH3 is 1. The molecule has 1 N–H and O–H groups in total. The molecule has 0 bridgehead atoms. The predicted octanol–water partition coefficient (Wildman–Crippen LogP) is 4.12. The minimum Gasteiger partial charge on any atom is -0.497 e. The van der Waals surface area contributed by atoms with Crippen molar-refractivity contribution in [2.24, 2.45) is 0 Å². The number of hydrogen-bond donors (Lipinski definition) is 1. The van der Waals surface area contributed by atoms with Crippen LogP contribution >= 0.6 is 0 Å². The summed E-state index contributed by atoms with van der Waals surface area (Å²) in [5.41, 5.74) is 3.37. The van der Waals surface area contributed by atoms with Crippen LogP contribution in [0.5, 0.6) is 5.75 Å². The smallest absolute Gasteiger partial charge is 0.317 e. The second-order valence-corrected chi connectivity index (χ2v) is 7.12. The summed E-state index contributed by atoms with van der Waals surface area (Å²) in [7, 11) is 3.44. The van der Waals surface area contributed by atoms with Crippen LogP contribution in [0.3, 0.4) is 0 Å². The summed E-state index contributed by atoms with van der Waals surface area (Å²) in [6, 6.07) is 16.1. The van der Waals surface area contributed by atoms with Crippen molar-refractivity contribution in [2.45, 2.75) is 32.7 Å². The molecular formula is C21H28N2O2. The van der Waals surface area contributed by atoms with Gasteiger partial charge in [0.25, 0.3) is 0 Å². The van der Waals surface area contributed by atoms with E-state index in [-0.39, 0.29) is 11.4 Å². The fourth-order valence-corrected chi connectivity index (χ4v) is 2.65. The van der Waals surface area contributed by atoms with Gasteiger partial charge in [-0.2, -0.15) is 0 Å². The molecule has 4 nitrogen and oxygen atoms in total. The van der Waals surface area contributed by atoms with Gasteiger partial charge in [-0.3, -0.25) is 0 Å². The summed E-state index contributed by atoms with van der Waals surface area (Å²) in [4.78, 5) is 14.1. The first kappa shape index (κ1) is 18.8.